The number of benzene rings is 2. The molecule has 3 aromatic rings. The molecule has 0 aliphatic heterocycles. The van der Waals surface area contributed by atoms with Crippen molar-refractivity contribution < 1.29 is 4.79 Å². The van der Waals surface area contributed by atoms with Crippen molar-refractivity contribution in [1.82, 2.24) is 4.57 Å². The minimum Gasteiger partial charge on any atom is -0.370 e. The number of guanidine groups is 1. The van der Waals surface area contributed by atoms with Gasteiger partial charge in [-0.3, -0.25) is 4.79 Å². The quantitative estimate of drug-likeness (QED) is 0.558. The summed E-state index contributed by atoms with van der Waals surface area (Å²) >= 11 is 6.34. The van der Waals surface area contributed by atoms with Crippen LogP contribution in [0, 0.1) is 0 Å². The van der Waals surface area contributed by atoms with E-state index < -0.39 is 5.91 Å². The Hall–Kier alpha value is -3.05. The Labute approximate surface area is 150 Å². The number of halogens is 1. The van der Waals surface area contributed by atoms with E-state index in [1.54, 1.807) is 0 Å². The zero-order valence-corrected chi connectivity index (χ0v) is 14.1. The van der Waals surface area contributed by atoms with E-state index in [2.05, 4.69) is 4.99 Å². The summed E-state index contributed by atoms with van der Waals surface area (Å²) in [5, 5.41) is 0.607. The molecular formula is C19H17ClN4O. The highest BCUT2D eigenvalue weighted by atomic mass is 35.5. The van der Waals surface area contributed by atoms with Crippen LogP contribution in [0.1, 0.15) is 0 Å². The van der Waals surface area contributed by atoms with E-state index in [0.29, 0.717) is 5.02 Å². The summed E-state index contributed by atoms with van der Waals surface area (Å²) in [5.74, 6) is -0.681. The molecule has 1 amide bonds. The van der Waals surface area contributed by atoms with Crippen LogP contribution in [0.15, 0.2) is 71.7 Å². The van der Waals surface area contributed by atoms with Gasteiger partial charge in [0, 0.05) is 16.3 Å². The average Bonchev–Trinajstić information content (AvgIpc) is 2.98. The first kappa shape index (κ1) is 16.8. The van der Waals surface area contributed by atoms with Gasteiger partial charge in [-0.1, -0.05) is 60.1 Å². The molecule has 0 saturated carbocycles. The van der Waals surface area contributed by atoms with Gasteiger partial charge in [-0.05, 0) is 23.8 Å². The highest BCUT2D eigenvalue weighted by Gasteiger charge is 2.16. The van der Waals surface area contributed by atoms with Crippen LogP contribution < -0.4 is 11.5 Å². The Kier molecular flexibility index (Phi) is 4.86. The van der Waals surface area contributed by atoms with Crippen molar-refractivity contribution in [2.24, 2.45) is 16.5 Å². The zero-order valence-electron chi connectivity index (χ0n) is 13.4. The number of hydrogen-bond donors (Lipinski definition) is 2. The third kappa shape index (κ3) is 3.72. The van der Waals surface area contributed by atoms with Crippen LogP contribution in [-0.2, 0) is 11.3 Å². The van der Waals surface area contributed by atoms with Crippen LogP contribution in [0.3, 0.4) is 0 Å². The number of amides is 1. The van der Waals surface area contributed by atoms with Crippen molar-refractivity contribution in [2.75, 3.05) is 0 Å². The zero-order chi connectivity index (χ0) is 17.8. The molecule has 6 heteroatoms. The summed E-state index contributed by atoms with van der Waals surface area (Å²) in [5.41, 5.74) is 14.2. The lowest BCUT2D eigenvalue weighted by atomic mass is 10.1. The minimum absolute atomic E-state index is 0.00961. The van der Waals surface area contributed by atoms with Crippen molar-refractivity contribution in [3.63, 3.8) is 0 Å². The Balaban J connectivity index is 2.13. The molecule has 126 valence electrons. The molecule has 25 heavy (non-hydrogen) atoms. The molecule has 0 bridgehead atoms. The predicted octanol–water partition coefficient (Wildman–Crippen LogP) is 3.28. The first-order valence-electron chi connectivity index (χ1n) is 7.68. The van der Waals surface area contributed by atoms with E-state index in [1.807, 2.05) is 71.3 Å². The molecule has 0 fully saturated rings. The summed E-state index contributed by atoms with van der Waals surface area (Å²) in [4.78, 5) is 15.8. The minimum atomic E-state index is -0.429. The van der Waals surface area contributed by atoms with Crippen molar-refractivity contribution in [3.05, 3.63) is 71.8 Å². The lowest BCUT2D eigenvalue weighted by Crippen LogP contribution is -2.25. The van der Waals surface area contributed by atoms with Crippen LogP contribution in [0.4, 0.5) is 0 Å². The van der Waals surface area contributed by atoms with Gasteiger partial charge in [0.15, 0.2) is 5.96 Å². The molecule has 1 heterocycles. The molecule has 4 N–H and O–H groups in total. The van der Waals surface area contributed by atoms with E-state index in [0.717, 1.165) is 22.5 Å². The van der Waals surface area contributed by atoms with Crippen LogP contribution in [0.25, 0.3) is 22.5 Å². The van der Waals surface area contributed by atoms with Crippen LogP contribution >= 0.6 is 11.6 Å². The largest absolute Gasteiger partial charge is 0.370 e. The fourth-order valence-electron chi connectivity index (χ4n) is 2.72. The fraction of sp³-hybridized carbons (Fsp3) is 0.0526. The summed E-state index contributed by atoms with van der Waals surface area (Å²) in [6.07, 6.45) is 0. The van der Waals surface area contributed by atoms with Gasteiger partial charge in [0.1, 0.15) is 6.54 Å². The van der Waals surface area contributed by atoms with Gasteiger partial charge < -0.3 is 16.0 Å². The second-order valence-corrected chi connectivity index (χ2v) is 5.87. The van der Waals surface area contributed by atoms with Crippen molar-refractivity contribution >= 4 is 23.5 Å². The first-order valence-corrected chi connectivity index (χ1v) is 8.06. The maximum absolute atomic E-state index is 12.2. The van der Waals surface area contributed by atoms with E-state index in [-0.39, 0.29) is 12.5 Å². The number of aromatic nitrogens is 1. The number of carbonyl (C=O) groups excluding carboxylic acids is 1. The number of aliphatic imine (C=N–C) groups is 1. The highest BCUT2D eigenvalue weighted by molar-refractivity contribution is 6.33. The van der Waals surface area contributed by atoms with Crippen molar-refractivity contribution in [3.8, 4) is 22.5 Å². The van der Waals surface area contributed by atoms with Gasteiger partial charge >= 0.3 is 0 Å². The number of carbonyl (C=O) groups is 1. The fourth-order valence-corrected chi connectivity index (χ4v) is 2.95. The van der Waals surface area contributed by atoms with Gasteiger partial charge in [-0.2, -0.15) is 4.99 Å². The normalized spacial score (nSPS) is 10.4. The molecular weight excluding hydrogens is 336 g/mol. The molecule has 2 aromatic carbocycles. The van der Waals surface area contributed by atoms with Crippen LogP contribution in [-0.4, -0.2) is 16.4 Å². The van der Waals surface area contributed by atoms with Crippen LogP contribution in [0.5, 0.6) is 0 Å². The first-order chi connectivity index (χ1) is 12.1. The summed E-state index contributed by atoms with van der Waals surface area (Å²) in [6, 6.07) is 21.2. The lowest BCUT2D eigenvalue weighted by Gasteiger charge is -2.13. The Bertz CT molecular complexity index is 928. The van der Waals surface area contributed by atoms with E-state index in [4.69, 9.17) is 23.1 Å². The molecule has 3 rings (SSSR count). The van der Waals surface area contributed by atoms with E-state index >= 15 is 0 Å². The molecule has 0 radical (unpaired) electrons. The number of hydrogen-bond acceptors (Lipinski definition) is 1. The number of nitrogens with two attached hydrogens (primary N) is 2. The molecule has 0 atom stereocenters. The van der Waals surface area contributed by atoms with Gasteiger partial charge in [-0.15, -0.1) is 0 Å². The Morgan fingerprint density at radius 2 is 1.56 bits per heavy atom. The second-order valence-electron chi connectivity index (χ2n) is 5.47. The predicted molar refractivity (Wildman–Crippen MR) is 101 cm³/mol. The molecule has 0 spiro atoms. The maximum Gasteiger partial charge on any atom is 0.268 e. The summed E-state index contributed by atoms with van der Waals surface area (Å²) in [6.45, 7) is 0.00961. The molecule has 0 aliphatic carbocycles. The highest BCUT2D eigenvalue weighted by Crippen LogP contribution is 2.33. The smallest absolute Gasteiger partial charge is 0.268 e. The third-order valence-electron chi connectivity index (χ3n) is 3.75. The number of rotatable bonds is 4. The Morgan fingerprint density at radius 1 is 0.920 bits per heavy atom. The average molecular weight is 353 g/mol. The van der Waals surface area contributed by atoms with Gasteiger partial charge in [0.05, 0.1) is 5.69 Å². The van der Waals surface area contributed by atoms with Gasteiger partial charge in [0.25, 0.3) is 5.91 Å². The molecule has 5 nitrogen and oxygen atoms in total. The SMILES string of the molecule is NC(N)=NC(=O)Cn1c(-c2ccccc2)ccc1-c1ccccc1Cl. The standard InChI is InChI=1S/C19H17ClN4O/c20-15-9-5-4-8-14(15)17-11-10-16(13-6-2-1-3-7-13)24(17)12-18(25)23-19(21)22/h1-11H,12H2,(H4,21,22,23,25). The molecule has 0 aliphatic rings. The molecule has 0 unspecified atom stereocenters. The summed E-state index contributed by atoms with van der Waals surface area (Å²) in [7, 11) is 0. The molecule has 1 aromatic heterocycles. The Morgan fingerprint density at radius 3 is 2.24 bits per heavy atom. The van der Waals surface area contributed by atoms with Gasteiger partial charge in [-0.25, -0.2) is 0 Å². The van der Waals surface area contributed by atoms with Gasteiger partial charge in [0.2, 0.25) is 0 Å². The van der Waals surface area contributed by atoms with Crippen molar-refractivity contribution in [1.29, 1.82) is 0 Å². The maximum atomic E-state index is 12.2. The van der Waals surface area contributed by atoms with Crippen LogP contribution in [0.2, 0.25) is 5.02 Å². The second kappa shape index (κ2) is 7.23. The van der Waals surface area contributed by atoms with E-state index in [1.165, 1.54) is 0 Å². The van der Waals surface area contributed by atoms with E-state index in [9.17, 15) is 4.79 Å². The topological polar surface area (TPSA) is 86.4 Å². The third-order valence-corrected chi connectivity index (χ3v) is 4.08. The summed E-state index contributed by atoms with van der Waals surface area (Å²) < 4.78 is 1.87. The molecule has 0 saturated heterocycles. The van der Waals surface area contributed by atoms with Crippen molar-refractivity contribution in [2.45, 2.75) is 6.54 Å². The lowest BCUT2D eigenvalue weighted by molar-refractivity contribution is -0.118. The number of nitrogens with zero attached hydrogens (tertiary/aromatic N) is 2. The monoisotopic (exact) mass is 352 g/mol.